The molecule has 2 aromatic carbocycles. The molecule has 3 rings (SSSR count). The third kappa shape index (κ3) is 4.48. The first-order valence-electron chi connectivity index (χ1n) is 8.88. The van der Waals surface area contributed by atoms with Gasteiger partial charge in [0.15, 0.2) is 0 Å². The Balaban J connectivity index is 1.61. The molecule has 27 heavy (non-hydrogen) atoms. The highest BCUT2D eigenvalue weighted by Crippen LogP contribution is 2.27. The predicted molar refractivity (Wildman–Crippen MR) is 102 cm³/mol. The summed E-state index contributed by atoms with van der Waals surface area (Å²) in [5, 5.41) is 0.559. The standard InChI is InChI=1S/C21H21ClFNO3/c1-27-20-7-6-16(22)12-15(20)13-19(25)14-8-10-24(11-9-14)21(26)17-4-2-3-5-18(17)23/h2-7,12,14H,8-11,13H2,1H3. The number of carbonyl (C=O) groups excluding carboxylic acids is 2. The Bertz CT molecular complexity index is 847. The lowest BCUT2D eigenvalue weighted by Gasteiger charge is -2.31. The number of ketones is 1. The Morgan fingerprint density at radius 2 is 1.89 bits per heavy atom. The lowest BCUT2D eigenvalue weighted by molar-refractivity contribution is -0.123. The highest BCUT2D eigenvalue weighted by molar-refractivity contribution is 6.30. The van der Waals surface area contributed by atoms with E-state index >= 15 is 0 Å². The Kier molecular flexibility index (Phi) is 6.11. The topological polar surface area (TPSA) is 46.6 Å². The van der Waals surface area contributed by atoms with Gasteiger partial charge in [-0.2, -0.15) is 0 Å². The number of rotatable bonds is 5. The monoisotopic (exact) mass is 389 g/mol. The van der Waals surface area contributed by atoms with E-state index < -0.39 is 5.82 Å². The molecule has 6 heteroatoms. The van der Waals surface area contributed by atoms with E-state index in [4.69, 9.17) is 16.3 Å². The molecule has 0 atom stereocenters. The van der Waals surface area contributed by atoms with E-state index in [9.17, 15) is 14.0 Å². The first-order valence-corrected chi connectivity index (χ1v) is 9.26. The SMILES string of the molecule is COc1ccc(Cl)cc1CC(=O)C1CCN(C(=O)c2ccccc2F)CC1. The minimum absolute atomic E-state index is 0.0749. The molecular formula is C21H21ClFNO3. The molecule has 0 saturated carbocycles. The first kappa shape index (κ1) is 19.4. The maximum atomic E-state index is 13.8. The highest BCUT2D eigenvalue weighted by Gasteiger charge is 2.29. The highest BCUT2D eigenvalue weighted by atomic mass is 35.5. The van der Waals surface area contributed by atoms with Gasteiger partial charge < -0.3 is 9.64 Å². The maximum absolute atomic E-state index is 13.8. The fraction of sp³-hybridized carbons (Fsp3) is 0.333. The van der Waals surface area contributed by atoms with Gasteiger partial charge >= 0.3 is 0 Å². The van der Waals surface area contributed by atoms with Crippen molar-refractivity contribution in [3.8, 4) is 5.75 Å². The molecule has 142 valence electrons. The summed E-state index contributed by atoms with van der Waals surface area (Å²) in [5.41, 5.74) is 0.839. The second-order valence-corrected chi connectivity index (χ2v) is 7.08. The summed E-state index contributed by atoms with van der Waals surface area (Å²) in [4.78, 5) is 26.8. The molecule has 1 aliphatic heterocycles. The zero-order valence-electron chi connectivity index (χ0n) is 15.1. The molecule has 0 aromatic heterocycles. The van der Waals surface area contributed by atoms with Gasteiger partial charge in [-0.1, -0.05) is 23.7 Å². The molecule has 1 fully saturated rings. The van der Waals surface area contributed by atoms with E-state index in [1.807, 2.05) is 0 Å². The van der Waals surface area contributed by atoms with Gasteiger partial charge in [-0.05, 0) is 43.2 Å². The summed E-state index contributed by atoms with van der Waals surface area (Å²) in [6.07, 6.45) is 1.39. The molecule has 0 N–H and O–H groups in total. The van der Waals surface area contributed by atoms with Crippen molar-refractivity contribution in [3.63, 3.8) is 0 Å². The van der Waals surface area contributed by atoms with E-state index in [0.29, 0.717) is 36.7 Å². The Hall–Kier alpha value is -2.40. The molecule has 1 saturated heterocycles. The van der Waals surface area contributed by atoms with Crippen molar-refractivity contribution in [1.82, 2.24) is 4.90 Å². The molecule has 1 aliphatic rings. The van der Waals surface area contributed by atoms with E-state index in [1.54, 1.807) is 42.3 Å². The number of piperidine rings is 1. The van der Waals surface area contributed by atoms with Crippen LogP contribution >= 0.6 is 11.6 Å². The van der Waals surface area contributed by atoms with Crippen molar-refractivity contribution in [3.05, 3.63) is 64.4 Å². The predicted octanol–water partition coefficient (Wildman–Crippen LogP) is 4.15. The number of carbonyl (C=O) groups is 2. The number of hydrogen-bond donors (Lipinski definition) is 0. The number of amides is 1. The number of nitrogens with zero attached hydrogens (tertiary/aromatic N) is 1. The largest absolute Gasteiger partial charge is 0.496 e. The van der Waals surface area contributed by atoms with Gasteiger partial charge in [0.25, 0.3) is 5.91 Å². The minimum Gasteiger partial charge on any atom is -0.496 e. The fourth-order valence-electron chi connectivity index (χ4n) is 3.43. The smallest absolute Gasteiger partial charge is 0.256 e. The third-order valence-electron chi connectivity index (χ3n) is 4.95. The molecule has 0 aliphatic carbocycles. The number of ether oxygens (including phenoxy) is 1. The summed E-state index contributed by atoms with van der Waals surface area (Å²) in [6.45, 7) is 0.881. The van der Waals surface area contributed by atoms with Gasteiger partial charge in [-0.3, -0.25) is 9.59 Å². The van der Waals surface area contributed by atoms with Crippen molar-refractivity contribution >= 4 is 23.3 Å². The number of likely N-dealkylation sites (tertiary alicyclic amines) is 1. The van der Waals surface area contributed by atoms with Crippen LogP contribution in [0.5, 0.6) is 5.75 Å². The molecule has 0 bridgehead atoms. The molecule has 0 spiro atoms. The van der Waals surface area contributed by atoms with Crippen LogP contribution in [0.1, 0.15) is 28.8 Å². The number of halogens is 2. The zero-order chi connectivity index (χ0) is 19.4. The molecule has 1 amide bonds. The third-order valence-corrected chi connectivity index (χ3v) is 5.18. The van der Waals surface area contributed by atoms with Crippen LogP contribution < -0.4 is 4.74 Å². The lowest BCUT2D eigenvalue weighted by atomic mass is 9.89. The van der Waals surface area contributed by atoms with Crippen molar-refractivity contribution in [2.24, 2.45) is 5.92 Å². The Morgan fingerprint density at radius 3 is 2.56 bits per heavy atom. The fourth-order valence-corrected chi connectivity index (χ4v) is 3.62. The average molecular weight is 390 g/mol. The Morgan fingerprint density at radius 1 is 1.19 bits per heavy atom. The Labute approximate surface area is 162 Å². The zero-order valence-corrected chi connectivity index (χ0v) is 15.8. The van der Waals surface area contributed by atoms with Crippen molar-refractivity contribution < 1.29 is 18.7 Å². The summed E-state index contributed by atoms with van der Waals surface area (Å²) in [7, 11) is 1.56. The van der Waals surface area contributed by atoms with Crippen LogP contribution in [-0.4, -0.2) is 36.8 Å². The van der Waals surface area contributed by atoms with Crippen LogP contribution in [0.2, 0.25) is 5.02 Å². The first-order chi connectivity index (χ1) is 13.0. The molecular weight excluding hydrogens is 369 g/mol. The van der Waals surface area contributed by atoms with Crippen LogP contribution in [0, 0.1) is 11.7 Å². The van der Waals surface area contributed by atoms with E-state index in [2.05, 4.69) is 0 Å². The van der Waals surface area contributed by atoms with Gasteiger partial charge in [-0.25, -0.2) is 4.39 Å². The number of benzene rings is 2. The number of hydrogen-bond acceptors (Lipinski definition) is 3. The van der Waals surface area contributed by atoms with Gasteiger partial charge in [0, 0.05) is 36.0 Å². The molecule has 4 nitrogen and oxygen atoms in total. The van der Waals surface area contributed by atoms with Crippen LogP contribution in [0.3, 0.4) is 0 Å². The minimum atomic E-state index is -0.520. The second kappa shape index (κ2) is 8.53. The molecule has 2 aromatic rings. The van der Waals surface area contributed by atoms with Crippen LogP contribution in [0.25, 0.3) is 0 Å². The van der Waals surface area contributed by atoms with Gasteiger partial charge in [0.1, 0.15) is 17.3 Å². The van der Waals surface area contributed by atoms with Crippen LogP contribution in [-0.2, 0) is 11.2 Å². The molecule has 0 unspecified atom stereocenters. The van der Waals surface area contributed by atoms with E-state index in [0.717, 1.165) is 5.56 Å². The van der Waals surface area contributed by atoms with Gasteiger partial charge in [-0.15, -0.1) is 0 Å². The van der Waals surface area contributed by atoms with Gasteiger partial charge in [0.05, 0.1) is 12.7 Å². The lowest BCUT2D eigenvalue weighted by Crippen LogP contribution is -2.40. The normalized spacial score (nSPS) is 14.9. The second-order valence-electron chi connectivity index (χ2n) is 6.65. The summed E-state index contributed by atoms with van der Waals surface area (Å²) in [5.74, 6) is -0.226. The quantitative estimate of drug-likeness (QED) is 0.771. The molecule has 1 heterocycles. The van der Waals surface area contributed by atoms with Crippen molar-refractivity contribution in [2.75, 3.05) is 20.2 Å². The summed E-state index contributed by atoms with van der Waals surface area (Å²) < 4.78 is 19.1. The number of methoxy groups -OCH3 is 1. The summed E-state index contributed by atoms with van der Waals surface area (Å²) in [6, 6.07) is 11.2. The van der Waals surface area contributed by atoms with Crippen molar-refractivity contribution in [1.29, 1.82) is 0 Å². The van der Waals surface area contributed by atoms with E-state index in [-0.39, 0.29) is 29.6 Å². The van der Waals surface area contributed by atoms with E-state index in [1.165, 1.54) is 12.1 Å². The summed E-state index contributed by atoms with van der Waals surface area (Å²) >= 11 is 6.03. The van der Waals surface area contributed by atoms with Crippen LogP contribution in [0.4, 0.5) is 4.39 Å². The molecule has 0 radical (unpaired) electrons. The number of Topliss-reactive ketones (excluding diaryl/α,β-unsaturated/α-hetero) is 1. The van der Waals surface area contributed by atoms with Crippen molar-refractivity contribution in [2.45, 2.75) is 19.3 Å². The average Bonchev–Trinajstić information content (AvgIpc) is 2.68. The van der Waals surface area contributed by atoms with Crippen LogP contribution in [0.15, 0.2) is 42.5 Å². The van der Waals surface area contributed by atoms with Gasteiger partial charge in [0.2, 0.25) is 0 Å². The maximum Gasteiger partial charge on any atom is 0.256 e.